The summed E-state index contributed by atoms with van der Waals surface area (Å²) in [6, 6.07) is 7.13. The first-order valence-electron chi connectivity index (χ1n) is 10.3. The number of methoxy groups -OCH3 is 2. The van der Waals surface area contributed by atoms with Crippen molar-refractivity contribution in [2.75, 3.05) is 32.7 Å². The van der Waals surface area contributed by atoms with Crippen molar-refractivity contribution in [1.29, 1.82) is 0 Å². The van der Waals surface area contributed by atoms with E-state index in [1.54, 1.807) is 38.3 Å². The first-order valence-corrected chi connectivity index (χ1v) is 10.3. The third-order valence-electron chi connectivity index (χ3n) is 6.77. The second kappa shape index (κ2) is 7.07. The fourth-order valence-electron chi connectivity index (χ4n) is 5.29. The number of ether oxygens (including phenoxy) is 3. The number of piperazine rings is 1. The molecule has 32 heavy (non-hydrogen) atoms. The Kier molecular flexibility index (Phi) is 4.54. The van der Waals surface area contributed by atoms with Crippen LogP contribution in [-0.2, 0) is 19.1 Å². The summed E-state index contributed by atoms with van der Waals surface area (Å²) in [7, 11) is 3.09. The lowest BCUT2D eigenvalue weighted by Crippen LogP contribution is -2.55. The fourth-order valence-corrected chi connectivity index (χ4v) is 5.29. The molecule has 3 heterocycles. The summed E-state index contributed by atoms with van der Waals surface area (Å²) in [6.07, 6.45) is -0.953. The van der Waals surface area contributed by atoms with Gasteiger partial charge >= 0.3 is 6.09 Å². The molecule has 1 aromatic carbocycles. The quantitative estimate of drug-likeness (QED) is 0.426. The number of anilines is 1. The normalized spacial score (nSPS) is 30.2. The molecule has 3 aliphatic heterocycles. The maximum Gasteiger partial charge on any atom is 0.404 e. The number of ketones is 2. The van der Waals surface area contributed by atoms with E-state index < -0.39 is 17.7 Å². The molecular weight excluding hydrogens is 416 g/mol. The summed E-state index contributed by atoms with van der Waals surface area (Å²) >= 11 is 0. The molecule has 1 aliphatic carbocycles. The predicted octanol–water partition coefficient (Wildman–Crippen LogP) is 0.511. The van der Waals surface area contributed by atoms with Gasteiger partial charge < -0.3 is 35.5 Å². The minimum absolute atomic E-state index is 0.0877. The number of hydrogen-bond donors (Lipinski definition) is 3. The number of Topliss-reactive ketones (excluding diaryl/α,β-unsaturated/α-hetero) is 2. The number of nitrogens with one attached hydrogen (secondary N) is 2. The second-order valence-corrected chi connectivity index (χ2v) is 8.28. The zero-order chi connectivity index (χ0) is 22.8. The van der Waals surface area contributed by atoms with Crippen molar-refractivity contribution in [3.8, 4) is 5.75 Å². The van der Waals surface area contributed by atoms with E-state index in [1.165, 1.54) is 7.11 Å². The Morgan fingerprint density at radius 1 is 1.31 bits per heavy atom. The van der Waals surface area contributed by atoms with Crippen LogP contribution in [0.15, 0.2) is 46.8 Å². The number of allylic oxidation sites excluding steroid dienone is 2. The van der Waals surface area contributed by atoms with Crippen LogP contribution < -0.4 is 21.1 Å². The second-order valence-electron chi connectivity index (χ2n) is 8.28. The molecule has 0 radical (unpaired) electrons. The number of nitrogens with two attached hydrogens (primary N) is 1. The third-order valence-corrected chi connectivity index (χ3v) is 6.77. The van der Waals surface area contributed by atoms with Crippen LogP contribution in [0.4, 0.5) is 10.5 Å². The monoisotopic (exact) mass is 440 g/mol. The molecular formula is C22H24N4O6. The van der Waals surface area contributed by atoms with Crippen molar-refractivity contribution in [3.63, 3.8) is 0 Å². The van der Waals surface area contributed by atoms with Crippen LogP contribution in [0, 0.1) is 5.92 Å². The summed E-state index contributed by atoms with van der Waals surface area (Å²) in [4.78, 5) is 40.5. The van der Waals surface area contributed by atoms with Crippen molar-refractivity contribution in [2.45, 2.75) is 24.7 Å². The molecule has 1 amide bonds. The first-order chi connectivity index (χ1) is 15.3. The smallest absolute Gasteiger partial charge is 0.404 e. The van der Waals surface area contributed by atoms with Crippen molar-refractivity contribution in [1.82, 2.24) is 10.2 Å². The molecule has 5 rings (SSSR count). The van der Waals surface area contributed by atoms with Crippen molar-refractivity contribution in [3.05, 3.63) is 46.8 Å². The number of nitrogens with zero attached hydrogens (tertiary/aromatic N) is 1. The summed E-state index contributed by atoms with van der Waals surface area (Å²) < 4.78 is 16.3. The molecule has 168 valence electrons. The Morgan fingerprint density at radius 3 is 2.78 bits per heavy atom. The van der Waals surface area contributed by atoms with Gasteiger partial charge in [-0.3, -0.25) is 9.59 Å². The van der Waals surface area contributed by atoms with Crippen molar-refractivity contribution < 1.29 is 28.6 Å². The molecule has 10 heteroatoms. The summed E-state index contributed by atoms with van der Waals surface area (Å²) in [5.74, 6) is -0.650. The van der Waals surface area contributed by atoms with E-state index in [4.69, 9.17) is 19.9 Å². The maximum absolute atomic E-state index is 13.8. The standard InChI is InChI=1S/C22H24N4O6/c1-10-16(24-11-5-4-6-12(7-11)30-2)19(28)15-13(9-32-21(23)29)22(31-3)20-14(25-20)8-26(22)17(15)18(10)27/h4-7,13-14,20,24-25H,8-9H2,1-3H3,(H2,23,29)/t13-,14+,20+,22?/m0/s1. The summed E-state index contributed by atoms with van der Waals surface area (Å²) in [6.45, 7) is 1.98. The average Bonchev–Trinajstić information content (AvgIpc) is 3.39. The highest BCUT2D eigenvalue weighted by Gasteiger charge is 2.72. The van der Waals surface area contributed by atoms with Crippen LogP contribution in [0.25, 0.3) is 0 Å². The highest BCUT2D eigenvalue weighted by molar-refractivity contribution is 6.26. The zero-order valence-corrected chi connectivity index (χ0v) is 17.9. The SMILES string of the molecule is COc1cccc(NC2=C(C)C(=O)C3=C(C2=O)[C@H](COC(N)=O)C2(OC)[C@@H]4N[C@@H]4CN32)c1. The molecule has 10 nitrogen and oxygen atoms in total. The van der Waals surface area contributed by atoms with E-state index in [1.807, 2.05) is 4.90 Å². The number of rotatable bonds is 6. The van der Waals surface area contributed by atoms with E-state index in [9.17, 15) is 14.4 Å². The number of amides is 1. The molecule has 4 N–H and O–H groups in total. The van der Waals surface area contributed by atoms with Gasteiger partial charge in [0, 0.05) is 42.6 Å². The molecule has 0 aromatic heterocycles. The average molecular weight is 440 g/mol. The van der Waals surface area contributed by atoms with Crippen LogP contribution in [0.2, 0.25) is 0 Å². The molecule has 1 unspecified atom stereocenters. The van der Waals surface area contributed by atoms with Crippen LogP contribution in [0.5, 0.6) is 5.75 Å². The van der Waals surface area contributed by atoms with E-state index in [2.05, 4.69) is 10.6 Å². The van der Waals surface area contributed by atoms with Gasteiger partial charge in [0.05, 0.1) is 30.5 Å². The zero-order valence-electron chi connectivity index (χ0n) is 17.9. The highest BCUT2D eigenvalue weighted by atomic mass is 16.6. The van der Waals surface area contributed by atoms with Gasteiger partial charge in [-0.05, 0) is 19.1 Å². The summed E-state index contributed by atoms with van der Waals surface area (Å²) in [5.41, 5.74) is 5.91. The fraction of sp³-hybridized carbons (Fsp3) is 0.409. The van der Waals surface area contributed by atoms with Gasteiger partial charge in [-0.2, -0.15) is 0 Å². The summed E-state index contributed by atoms with van der Waals surface area (Å²) in [5, 5.41) is 6.42. The van der Waals surface area contributed by atoms with Crippen molar-refractivity contribution >= 4 is 23.3 Å². The lowest BCUT2D eigenvalue weighted by molar-refractivity contribution is -0.137. The molecule has 4 atom stereocenters. The first kappa shape index (κ1) is 20.5. The number of primary amides is 1. The Balaban J connectivity index is 1.56. The number of hydrogen-bond acceptors (Lipinski definition) is 9. The minimum Gasteiger partial charge on any atom is -0.497 e. The highest BCUT2D eigenvalue weighted by Crippen LogP contribution is 2.55. The van der Waals surface area contributed by atoms with Gasteiger partial charge in [-0.15, -0.1) is 0 Å². The lowest BCUT2D eigenvalue weighted by atomic mass is 9.82. The maximum atomic E-state index is 13.8. The molecule has 4 aliphatic rings. The van der Waals surface area contributed by atoms with Gasteiger partial charge in [0.2, 0.25) is 11.6 Å². The number of carbonyl (C=O) groups is 3. The van der Waals surface area contributed by atoms with Gasteiger partial charge in [-0.1, -0.05) is 6.07 Å². The number of fused-ring (bicyclic) bond motifs is 4. The Hall–Kier alpha value is -3.37. The molecule has 2 fully saturated rings. The van der Waals surface area contributed by atoms with E-state index >= 15 is 0 Å². The lowest BCUT2D eigenvalue weighted by Gasteiger charge is -2.39. The van der Waals surface area contributed by atoms with Gasteiger partial charge in [-0.25, -0.2) is 4.79 Å². The molecule has 0 spiro atoms. The van der Waals surface area contributed by atoms with E-state index in [0.717, 1.165) is 0 Å². The van der Waals surface area contributed by atoms with Gasteiger partial charge in [0.25, 0.3) is 0 Å². The van der Waals surface area contributed by atoms with Crippen molar-refractivity contribution in [2.24, 2.45) is 11.7 Å². The number of benzene rings is 1. The Morgan fingerprint density at radius 2 is 2.09 bits per heavy atom. The molecule has 0 saturated carbocycles. The van der Waals surface area contributed by atoms with Crippen LogP contribution >= 0.6 is 0 Å². The molecule has 0 bridgehead atoms. The van der Waals surface area contributed by atoms with Gasteiger partial charge in [0.15, 0.2) is 5.72 Å². The molecule has 2 saturated heterocycles. The molecule has 1 aromatic rings. The van der Waals surface area contributed by atoms with Gasteiger partial charge in [0.1, 0.15) is 12.4 Å². The van der Waals surface area contributed by atoms with E-state index in [-0.39, 0.29) is 41.5 Å². The van der Waals surface area contributed by atoms with Crippen LogP contribution in [0.1, 0.15) is 6.92 Å². The number of carbonyl (C=O) groups excluding carboxylic acids is 3. The largest absolute Gasteiger partial charge is 0.497 e. The topological polar surface area (TPSA) is 142 Å². The van der Waals surface area contributed by atoms with E-state index in [0.29, 0.717) is 29.3 Å². The minimum atomic E-state index is -0.998. The Labute approximate surface area is 184 Å². The van der Waals surface area contributed by atoms with Crippen LogP contribution in [0.3, 0.4) is 0 Å². The third kappa shape index (κ3) is 2.69. The van der Waals surface area contributed by atoms with Crippen LogP contribution in [-0.4, -0.2) is 67.7 Å². The Bertz CT molecular complexity index is 1110. The predicted molar refractivity (Wildman–Crippen MR) is 113 cm³/mol.